The molecule has 2 aromatic rings. The van der Waals surface area contributed by atoms with Crippen molar-refractivity contribution >= 4 is 11.7 Å². The lowest BCUT2D eigenvalue weighted by Crippen LogP contribution is -2.40. The lowest BCUT2D eigenvalue weighted by Gasteiger charge is -2.30. The summed E-state index contributed by atoms with van der Waals surface area (Å²) in [5.41, 5.74) is 3.11. The average Bonchev–Trinajstić information content (AvgIpc) is 2.74. The number of halogens is 3. The largest absolute Gasteiger partial charge is 0.416 e. The fraction of sp³-hybridized carbons (Fsp3) is 0.458. The minimum Gasteiger partial charge on any atom is -0.393 e. The molecule has 2 aliphatic rings. The maximum atomic E-state index is 12.8. The zero-order valence-corrected chi connectivity index (χ0v) is 17.2. The van der Waals surface area contributed by atoms with Gasteiger partial charge in [0.2, 0.25) is 0 Å². The van der Waals surface area contributed by atoms with E-state index in [1.54, 1.807) is 12.1 Å². The maximum absolute atomic E-state index is 12.8. The topological polar surface area (TPSA) is 61.4 Å². The van der Waals surface area contributed by atoms with Crippen molar-refractivity contribution < 1.29 is 23.1 Å². The van der Waals surface area contributed by atoms with Crippen molar-refractivity contribution in [3.63, 3.8) is 0 Å². The molecule has 4 nitrogen and oxygen atoms in total. The smallest absolute Gasteiger partial charge is 0.393 e. The summed E-state index contributed by atoms with van der Waals surface area (Å²) in [4.78, 5) is 12.6. The Balaban J connectivity index is 1.37. The first-order chi connectivity index (χ1) is 14.8. The van der Waals surface area contributed by atoms with Gasteiger partial charge in [0.1, 0.15) is 0 Å². The number of alkyl halides is 3. The number of benzene rings is 2. The van der Waals surface area contributed by atoms with Gasteiger partial charge in [0.05, 0.1) is 11.7 Å². The number of urea groups is 1. The number of rotatable bonds is 3. The molecule has 2 amide bonds. The summed E-state index contributed by atoms with van der Waals surface area (Å²) < 4.78 is 38.4. The molecule has 2 unspecified atom stereocenters. The van der Waals surface area contributed by atoms with Crippen LogP contribution >= 0.6 is 0 Å². The molecule has 31 heavy (non-hydrogen) atoms. The summed E-state index contributed by atoms with van der Waals surface area (Å²) in [6.45, 7) is 0. The van der Waals surface area contributed by atoms with Crippen molar-refractivity contribution in [3.8, 4) is 0 Å². The van der Waals surface area contributed by atoms with Crippen LogP contribution in [0.25, 0.3) is 0 Å². The second kappa shape index (κ2) is 8.91. The molecule has 1 saturated carbocycles. The van der Waals surface area contributed by atoms with E-state index in [4.69, 9.17) is 0 Å². The van der Waals surface area contributed by atoms with E-state index < -0.39 is 11.7 Å². The SMILES string of the molecule is O=C(Nc1cccc2c1CC(O)CC2)NC1CCC[C@@H](c2ccc(C(F)(F)F)cc2)C1. The summed E-state index contributed by atoms with van der Waals surface area (Å²) in [5, 5.41) is 15.9. The highest BCUT2D eigenvalue weighted by molar-refractivity contribution is 5.90. The predicted molar refractivity (Wildman–Crippen MR) is 113 cm³/mol. The Morgan fingerprint density at radius 1 is 1.03 bits per heavy atom. The van der Waals surface area contributed by atoms with E-state index in [1.165, 1.54) is 0 Å². The van der Waals surface area contributed by atoms with Crippen molar-refractivity contribution in [1.82, 2.24) is 5.32 Å². The van der Waals surface area contributed by atoms with Gasteiger partial charge in [0, 0.05) is 18.2 Å². The normalized spacial score (nSPS) is 23.7. The monoisotopic (exact) mass is 432 g/mol. The number of carbonyl (C=O) groups is 1. The summed E-state index contributed by atoms with van der Waals surface area (Å²) in [7, 11) is 0. The Morgan fingerprint density at radius 3 is 2.55 bits per heavy atom. The molecule has 1 fully saturated rings. The van der Waals surface area contributed by atoms with Crippen LogP contribution in [-0.2, 0) is 19.0 Å². The van der Waals surface area contributed by atoms with Crippen molar-refractivity contribution in [3.05, 3.63) is 64.7 Å². The molecule has 0 saturated heterocycles. The molecule has 0 aromatic heterocycles. The van der Waals surface area contributed by atoms with Crippen molar-refractivity contribution in [2.75, 3.05) is 5.32 Å². The van der Waals surface area contributed by atoms with E-state index in [9.17, 15) is 23.1 Å². The number of amides is 2. The zero-order chi connectivity index (χ0) is 22.0. The van der Waals surface area contributed by atoms with Crippen LogP contribution in [-0.4, -0.2) is 23.3 Å². The first kappa shape index (κ1) is 21.7. The van der Waals surface area contributed by atoms with E-state index in [2.05, 4.69) is 10.6 Å². The minimum absolute atomic E-state index is 0.0360. The van der Waals surface area contributed by atoms with Crippen LogP contribution in [0.5, 0.6) is 0 Å². The predicted octanol–water partition coefficient (Wildman–Crippen LogP) is 5.40. The Hall–Kier alpha value is -2.54. The molecular weight excluding hydrogens is 405 g/mol. The lowest BCUT2D eigenvalue weighted by molar-refractivity contribution is -0.137. The standard InChI is InChI=1S/C24H27F3N2O2/c25-24(26,27)18-10-7-15(8-11-18)17-4-1-5-19(13-17)28-23(31)29-22-6-2-3-16-9-12-20(30)14-21(16)22/h2-3,6-8,10-11,17,19-20,30H,1,4-5,9,12-14H2,(H2,28,29,31)/t17-,19?,20?/m1/s1. The molecule has 0 heterocycles. The molecule has 4 rings (SSSR count). The van der Waals surface area contributed by atoms with Gasteiger partial charge in [0.25, 0.3) is 0 Å². The third-order valence-electron chi connectivity index (χ3n) is 6.43. The third-order valence-corrected chi connectivity index (χ3v) is 6.43. The van der Waals surface area contributed by atoms with E-state index >= 15 is 0 Å². The first-order valence-electron chi connectivity index (χ1n) is 10.8. The molecule has 0 bridgehead atoms. The van der Waals surface area contributed by atoms with Crippen LogP contribution in [0.15, 0.2) is 42.5 Å². The summed E-state index contributed by atoms with van der Waals surface area (Å²) >= 11 is 0. The maximum Gasteiger partial charge on any atom is 0.416 e. The van der Waals surface area contributed by atoms with Gasteiger partial charge in [-0.15, -0.1) is 0 Å². The van der Waals surface area contributed by atoms with Gasteiger partial charge in [-0.1, -0.05) is 30.7 Å². The van der Waals surface area contributed by atoms with Crippen molar-refractivity contribution in [1.29, 1.82) is 0 Å². The molecule has 166 valence electrons. The van der Waals surface area contributed by atoms with E-state index in [1.807, 2.05) is 18.2 Å². The summed E-state index contributed by atoms with van der Waals surface area (Å²) in [5.74, 6) is 0.126. The molecule has 3 N–H and O–H groups in total. The second-order valence-electron chi connectivity index (χ2n) is 8.62. The van der Waals surface area contributed by atoms with Crippen LogP contribution in [0.2, 0.25) is 0 Å². The van der Waals surface area contributed by atoms with Gasteiger partial charge in [0.15, 0.2) is 0 Å². The Bertz CT molecular complexity index is 927. The molecule has 0 radical (unpaired) electrons. The highest BCUT2D eigenvalue weighted by atomic mass is 19.4. The zero-order valence-electron chi connectivity index (χ0n) is 17.2. The fourth-order valence-corrected chi connectivity index (χ4v) is 4.80. The molecule has 2 aliphatic carbocycles. The Kier molecular flexibility index (Phi) is 6.23. The molecular formula is C24H27F3N2O2. The van der Waals surface area contributed by atoms with E-state index in [0.29, 0.717) is 12.8 Å². The van der Waals surface area contributed by atoms with Crippen LogP contribution in [0.1, 0.15) is 60.3 Å². The van der Waals surface area contributed by atoms with Gasteiger partial charge < -0.3 is 15.7 Å². The molecule has 2 aromatic carbocycles. The van der Waals surface area contributed by atoms with Crippen LogP contribution < -0.4 is 10.6 Å². The number of fused-ring (bicyclic) bond motifs is 1. The van der Waals surface area contributed by atoms with Gasteiger partial charge in [-0.3, -0.25) is 0 Å². The number of nitrogens with one attached hydrogen (secondary N) is 2. The Labute approximate surface area is 179 Å². The van der Waals surface area contributed by atoms with Gasteiger partial charge >= 0.3 is 12.2 Å². The number of aryl methyl sites for hydroxylation is 1. The quantitative estimate of drug-likeness (QED) is 0.608. The first-order valence-corrected chi connectivity index (χ1v) is 10.8. The third kappa shape index (κ3) is 5.21. The summed E-state index contributed by atoms with van der Waals surface area (Å²) in [6, 6.07) is 10.8. The number of aliphatic hydroxyl groups excluding tert-OH is 1. The van der Waals surface area contributed by atoms with Gasteiger partial charge in [-0.05, 0) is 72.9 Å². The van der Waals surface area contributed by atoms with Crippen LogP contribution in [0.3, 0.4) is 0 Å². The minimum atomic E-state index is -4.33. The van der Waals surface area contributed by atoms with Crippen molar-refractivity contribution in [2.45, 2.75) is 69.2 Å². The van der Waals surface area contributed by atoms with Crippen LogP contribution in [0, 0.1) is 0 Å². The number of carbonyl (C=O) groups excluding carboxylic acids is 1. The van der Waals surface area contributed by atoms with Crippen molar-refractivity contribution in [2.24, 2.45) is 0 Å². The van der Waals surface area contributed by atoms with Gasteiger partial charge in [-0.2, -0.15) is 13.2 Å². The van der Waals surface area contributed by atoms with E-state index in [-0.39, 0.29) is 24.1 Å². The van der Waals surface area contributed by atoms with Crippen LogP contribution in [0.4, 0.5) is 23.7 Å². The molecule has 3 atom stereocenters. The molecule has 7 heteroatoms. The van der Waals surface area contributed by atoms with Gasteiger partial charge in [-0.25, -0.2) is 4.79 Å². The highest BCUT2D eigenvalue weighted by Crippen LogP contribution is 2.35. The number of hydrogen-bond donors (Lipinski definition) is 3. The average molecular weight is 432 g/mol. The van der Waals surface area contributed by atoms with E-state index in [0.717, 1.165) is 66.6 Å². The number of anilines is 1. The second-order valence-corrected chi connectivity index (χ2v) is 8.62. The highest BCUT2D eigenvalue weighted by Gasteiger charge is 2.31. The lowest BCUT2D eigenvalue weighted by atomic mass is 9.81. The fourth-order valence-electron chi connectivity index (χ4n) is 4.80. The summed E-state index contributed by atoms with van der Waals surface area (Å²) in [6.07, 6.45) is 0.687. The molecule has 0 spiro atoms. The number of hydrogen-bond acceptors (Lipinski definition) is 2. The number of aliphatic hydroxyl groups is 1. The Morgan fingerprint density at radius 2 is 1.81 bits per heavy atom. The molecule has 0 aliphatic heterocycles.